The number of phenolic OH excluding ortho intramolecular Hbond substituents is 1. The van der Waals surface area contributed by atoms with Gasteiger partial charge in [-0.1, -0.05) is 30.8 Å². The molecule has 0 radical (unpaired) electrons. The Morgan fingerprint density at radius 2 is 1.67 bits per heavy atom. The third-order valence-corrected chi connectivity index (χ3v) is 3.39. The van der Waals surface area contributed by atoms with Gasteiger partial charge in [0.25, 0.3) is 0 Å². The molecule has 0 atom stereocenters. The van der Waals surface area contributed by atoms with Gasteiger partial charge in [-0.25, -0.2) is 9.98 Å². The van der Waals surface area contributed by atoms with Crippen molar-refractivity contribution in [1.29, 1.82) is 0 Å². The van der Waals surface area contributed by atoms with Gasteiger partial charge < -0.3 is 15.9 Å². The number of phenols is 1. The number of nitrogens with two attached hydrogens (primary N) is 1. The Hall–Kier alpha value is -3.08. The smallest absolute Gasteiger partial charge is 0.118 e. The summed E-state index contributed by atoms with van der Waals surface area (Å²) in [6.07, 6.45) is 3.23. The van der Waals surface area contributed by atoms with Crippen LogP contribution in [0.4, 0.5) is 5.69 Å². The van der Waals surface area contributed by atoms with E-state index in [0.717, 1.165) is 23.2 Å². The summed E-state index contributed by atoms with van der Waals surface area (Å²) in [6, 6.07) is 14.5. The molecule has 2 aromatic rings. The normalized spacial score (nSPS) is 11.8. The van der Waals surface area contributed by atoms with Gasteiger partial charge >= 0.3 is 0 Å². The fourth-order valence-electron chi connectivity index (χ4n) is 2.08. The molecule has 5 heteroatoms. The summed E-state index contributed by atoms with van der Waals surface area (Å²) in [7, 11) is 0. The van der Waals surface area contributed by atoms with Gasteiger partial charge in [-0.2, -0.15) is 0 Å². The average molecular weight is 323 g/mol. The van der Waals surface area contributed by atoms with Gasteiger partial charge in [0.15, 0.2) is 0 Å². The first-order chi connectivity index (χ1) is 11.5. The van der Waals surface area contributed by atoms with Crippen molar-refractivity contribution in [3.05, 3.63) is 72.0 Å². The van der Waals surface area contributed by atoms with Crippen LogP contribution in [-0.2, 0) is 12.8 Å². The molecule has 0 unspecified atom stereocenters. The zero-order valence-electron chi connectivity index (χ0n) is 13.4. The lowest BCUT2D eigenvalue weighted by Gasteiger charge is -2.01. The van der Waals surface area contributed by atoms with E-state index in [-0.39, 0.29) is 11.5 Å². The molecule has 4 N–H and O–H groups in total. The minimum Gasteiger partial charge on any atom is -0.513 e. The maximum Gasteiger partial charge on any atom is 0.118 e. The maximum absolute atomic E-state index is 9.24. The largest absolute Gasteiger partial charge is 0.513 e. The zero-order chi connectivity index (χ0) is 17.4. The molecule has 0 saturated carbocycles. The molecule has 0 spiro atoms. The average Bonchev–Trinajstić information content (AvgIpc) is 2.56. The number of aromatic hydroxyl groups is 1. The second-order valence-corrected chi connectivity index (χ2v) is 5.44. The Labute approximate surface area is 141 Å². The number of amidine groups is 1. The molecule has 0 amide bonds. The highest BCUT2D eigenvalue weighted by molar-refractivity contribution is 5.89. The number of hydrogen-bond acceptors (Lipinski definition) is 3. The lowest BCUT2D eigenvalue weighted by Crippen LogP contribution is -2.14. The predicted molar refractivity (Wildman–Crippen MR) is 98.1 cm³/mol. The van der Waals surface area contributed by atoms with Crippen molar-refractivity contribution in [2.24, 2.45) is 15.7 Å². The Morgan fingerprint density at radius 3 is 2.29 bits per heavy atom. The topological polar surface area (TPSA) is 91.2 Å². The number of nitrogens with zero attached hydrogens (tertiary/aromatic N) is 2. The molecule has 2 rings (SSSR count). The monoisotopic (exact) mass is 323 g/mol. The van der Waals surface area contributed by atoms with Crippen LogP contribution in [0.25, 0.3) is 0 Å². The number of rotatable bonds is 7. The molecule has 0 aliphatic carbocycles. The second-order valence-electron chi connectivity index (χ2n) is 5.44. The van der Waals surface area contributed by atoms with Crippen molar-refractivity contribution in [2.75, 3.05) is 0 Å². The lowest BCUT2D eigenvalue weighted by molar-refractivity contribution is 0.391. The number of aliphatic hydroxyl groups excluding tert-OH is 1. The Balaban J connectivity index is 1.89. The molecule has 2 aromatic carbocycles. The second kappa shape index (κ2) is 8.53. The van der Waals surface area contributed by atoms with Crippen molar-refractivity contribution in [2.45, 2.75) is 19.3 Å². The Morgan fingerprint density at radius 1 is 1.04 bits per heavy atom. The summed E-state index contributed by atoms with van der Waals surface area (Å²) in [5, 5.41) is 18.3. The molecule has 0 aliphatic rings. The SMILES string of the molecule is C=C(O)CCc1ccc(N=CN=C(N)Cc2ccc(O)cc2)cc1. The van der Waals surface area contributed by atoms with Crippen molar-refractivity contribution in [3.8, 4) is 5.75 Å². The number of hydrogen-bond donors (Lipinski definition) is 3. The first kappa shape index (κ1) is 17.3. The van der Waals surface area contributed by atoms with Crippen LogP contribution in [0, 0.1) is 0 Å². The van der Waals surface area contributed by atoms with Crippen LogP contribution < -0.4 is 5.73 Å². The van der Waals surface area contributed by atoms with Crippen molar-refractivity contribution < 1.29 is 10.2 Å². The molecule has 0 heterocycles. The highest BCUT2D eigenvalue weighted by atomic mass is 16.3. The van der Waals surface area contributed by atoms with E-state index in [0.29, 0.717) is 18.7 Å². The van der Waals surface area contributed by atoms with E-state index in [1.165, 1.54) is 6.34 Å². The molecular weight excluding hydrogens is 302 g/mol. The number of aliphatic imine (C=N–C) groups is 2. The molecule has 124 valence electrons. The summed E-state index contributed by atoms with van der Waals surface area (Å²) in [4.78, 5) is 8.35. The number of benzene rings is 2. The maximum atomic E-state index is 9.24. The fraction of sp³-hybridized carbons (Fsp3) is 0.158. The van der Waals surface area contributed by atoms with Crippen LogP contribution in [0.5, 0.6) is 5.75 Å². The van der Waals surface area contributed by atoms with Gasteiger partial charge in [-0.3, -0.25) is 0 Å². The van der Waals surface area contributed by atoms with E-state index < -0.39 is 0 Å². The van der Waals surface area contributed by atoms with E-state index >= 15 is 0 Å². The van der Waals surface area contributed by atoms with Crippen LogP contribution in [0.2, 0.25) is 0 Å². The Kier molecular flexibility index (Phi) is 6.14. The Bertz CT molecular complexity index is 732. The molecule has 0 aliphatic heterocycles. The van der Waals surface area contributed by atoms with Crippen LogP contribution in [0.1, 0.15) is 17.5 Å². The van der Waals surface area contributed by atoms with E-state index in [1.54, 1.807) is 24.3 Å². The lowest BCUT2D eigenvalue weighted by atomic mass is 10.1. The fourth-order valence-corrected chi connectivity index (χ4v) is 2.08. The summed E-state index contributed by atoms with van der Waals surface area (Å²) in [6.45, 7) is 3.47. The van der Waals surface area contributed by atoms with E-state index in [1.807, 2.05) is 24.3 Å². The highest BCUT2D eigenvalue weighted by Crippen LogP contribution is 2.14. The molecule has 5 nitrogen and oxygen atoms in total. The summed E-state index contributed by atoms with van der Waals surface area (Å²) < 4.78 is 0. The van der Waals surface area contributed by atoms with Gasteiger partial charge in [-0.05, 0) is 41.8 Å². The number of allylic oxidation sites excluding steroid dienone is 1. The minimum absolute atomic E-state index is 0.190. The molecule has 0 aromatic heterocycles. The first-order valence-corrected chi connectivity index (χ1v) is 7.61. The summed E-state index contributed by atoms with van der Waals surface area (Å²) in [5.41, 5.74) is 8.72. The van der Waals surface area contributed by atoms with Crippen molar-refractivity contribution in [3.63, 3.8) is 0 Å². The van der Waals surface area contributed by atoms with Gasteiger partial charge in [0, 0.05) is 12.8 Å². The van der Waals surface area contributed by atoms with Gasteiger partial charge in [0.05, 0.1) is 11.4 Å². The molecular formula is C19H21N3O2. The zero-order valence-corrected chi connectivity index (χ0v) is 13.4. The number of aliphatic hydroxyl groups is 1. The van der Waals surface area contributed by atoms with E-state index in [4.69, 9.17) is 10.8 Å². The van der Waals surface area contributed by atoms with E-state index in [9.17, 15) is 5.11 Å². The molecule has 0 saturated heterocycles. The third-order valence-electron chi connectivity index (χ3n) is 3.39. The summed E-state index contributed by atoms with van der Waals surface area (Å²) >= 11 is 0. The number of aryl methyl sites for hydroxylation is 1. The predicted octanol–water partition coefficient (Wildman–Crippen LogP) is 3.66. The highest BCUT2D eigenvalue weighted by Gasteiger charge is 1.97. The summed E-state index contributed by atoms with van der Waals surface area (Å²) in [5.74, 6) is 0.862. The van der Waals surface area contributed by atoms with Gasteiger partial charge in [0.1, 0.15) is 17.9 Å². The third kappa shape index (κ3) is 5.96. The molecule has 0 bridgehead atoms. The van der Waals surface area contributed by atoms with Crippen molar-refractivity contribution >= 4 is 17.9 Å². The standard InChI is InChI=1S/C19H21N3O2/c1-14(23)2-3-15-4-8-17(9-5-15)21-13-22-19(20)12-16-6-10-18(24)11-7-16/h4-11,13,23-24H,1-3,12H2,(H2,20,21,22). The van der Waals surface area contributed by atoms with Gasteiger partial charge in [0.2, 0.25) is 0 Å². The van der Waals surface area contributed by atoms with Crippen LogP contribution in [0.3, 0.4) is 0 Å². The van der Waals surface area contributed by atoms with Crippen LogP contribution in [0.15, 0.2) is 70.9 Å². The van der Waals surface area contributed by atoms with Crippen molar-refractivity contribution in [1.82, 2.24) is 0 Å². The van der Waals surface area contributed by atoms with E-state index in [2.05, 4.69) is 16.6 Å². The minimum atomic E-state index is 0.190. The quantitative estimate of drug-likeness (QED) is 0.412. The molecule has 24 heavy (non-hydrogen) atoms. The molecule has 0 fully saturated rings. The van der Waals surface area contributed by atoms with Crippen LogP contribution >= 0.6 is 0 Å². The first-order valence-electron chi connectivity index (χ1n) is 7.61. The van der Waals surface area contributed by atoms with Crippen LogP contribution in [-0.4, -0.2) is 22.4 Å². The van der Waals surface area contributed by atoms with Gasteiger partial charge in [-0.15, -0.1) is 0 Å².